The van der Waals surface area contributed by atoms with Gasteiger partial charge in [0.05, 0.1) is 24.9 Å². The van der Waals surface area contributed by atoms with Gasteiger partial charge in [-0.3, -0.25) is 14.3 Å². The summed E-state index contributed by atoms with van der Waals surface area (Å²) in [6.45, 7) is 6.56. The first-order chi connectivity index (χ1) is 16.5. The van der Waals surface area contributed by atoms with Crippen LogP contribution in [0.15, 0.2) is 53.5 Å². The van der Waals surface area contributed by atoms with E-state index in [-0.39, 0.29) is 11.7 Å². The summed E-state index contributed by atoms with van der Waals surface area (Å²) in [5.41, 5.74) is 5.93. The minimum absolute atomic E-state index is 0.0908. The maximum atomic E-state index is 13.8. The molecule has 1 atom stereocenters. The summed E-state index contributed by atoms with van der Waals surface area (Å²) in [5, 5.41) is 7.10. The Bertz CT molecular complexity index is 1410. The Kier molecular flexibility index (Phi) is 6.08. The fourth-order valence-electron chi connectivity index (χ4n) is 4.41. The highest BCUT2D eigenvalue weighted by Crippen LogP contribution is 2.28. The molecule has 4 heterocycles. The van der Waals surface area contributed by atoms with Crippen LogP contribution < -0.4 is 16.2 Å². The smallest absolute Gasteiger partial charge is 0.260 e. The Morgan fingerprint density at radius 3 is 2.76 bits per heavy atom. The Morgan fingerprint density at radius 2 is 2.03 bits per heavy atom. The largest absolute Gasteiger partial charge is 0.374 e. The van der Waals surface area contributed by atoms with Crippen molar-refractivity contribution in [1.29, 1.82) is 0 Å². The number of rotatable bonds is 5. The van der Waals surface area contributed by atoms with Crippen LogP contribution in [0.3, 0.4) is 0 Å². The Labute approximate surface area is 198 Å². The van der Waals surface area contributed by atoms with Gasteiger partial charge in [0.25, 0.3) is 5.56 Å². The maximum Gasteiger partial charge on any atom is 0.260 e. The van der Waals surface area contributed by atoms with Crippen LogP contribution in [0.25, 0.3) is 33.4 Å². The molecule has 1 aliphatic rings. The molecule has 1 aromatic carbocycles. The van der Waals surface area contributed by atoms with E-state index < -0.39 is 0 Å². The van der Waals surface area contributed by atoms with Gasteiger partial charge in [-0.2, -0.15) is 4.98 Å². The molecule has 1 saturated heterocycles. The molecule has 0 amide bonds. The lowest BCUT2D eigenvalue weighted by molar-refractivity contribution is 0.0183. The van der Waals surface area contributed by atoms with Gasteiger partial charge >= 0.3 is 0 Å². The number of hydrogen-bond acceptors (Lipinski definition) is 7. The number of nitrogens with one attached hydrogen (secondary N) is 2. The first-order valence-corrected chi connectivity index (χ1v) is 11.5. The number of benzene rings is 1. The van der Waals surface area contributed by atoms with Crippen molar-refractivity contribution < 1.29 is 4.74 Å². The zero-order valence-electron chi connectivity index (χ0n) is 19.6. The lowest BCUT2D eigenvalue weighted by Crippen LogP contribution is -2.42. The number of ether oxygens (including phenoxy) is 1. The molecular weight excluding hydrogens is 428 g/mol. The molecule has 0 radical (unpaired) electrons. The van der Waals surface area contributed by atoms with E-state index in [0.29, 0.717) is 36.9 Å². The Morgan fingerprint density at radius 1 is 1.15 bits per heavy atom. The van der Waals surface area contributed by atoms with Crippen LogP contribution in [-0.4, -0.2) is 52.4 Å². The van der Waals surface area contributed by atoms with Gasteiger partial charge in [0.2, 0.25) is 5.95 Å². The average molecular weight is 457 g/mol. The first kappa shape index (κ1) is 22.2. The van der Waals surface area contributed by atoms with Gasteiger partial charge in [-0.25, -0.2) is 4.98 Å². The molecule has 34 heavy (non-hydrogen) atoms. The predicted molar refractivity (Wildman–Crippen MR) is 134 cm³/mol. The van der Waals surface area contributed by atoms with Crippen molar-refractivity contribution in [3.63, 3.8) is 0 Å². The molecule has 0 unspecified atom stereocenters. The molecule has 0 aliphatic carbocycles. The van der Waals surface area contributed by atoms with Crippen LogP contribution in [0, 0.1) is 13.8 Å². The second-order valence-corrected chi connectivity index (χ2v) is 8.59. The summed E-state index contributed by atoms with van der Waals surface area (Å²) < 4.78 is 7.62. The van der Waals surface area contributed by atoms with Crippen LogP contribution in [0.4, 0.5) is 5.95 Å². The average Bonchev–Trinajstić information content (AvgIpc) is 2.86. The highest BCUT2D eigenvalue weighted by atomic mass is 16.5. The van der Waals surface area contributed by atoms with E-state index in [1.54, 1.807) is 17.8 Å². The number of nitrogens with zero attached hydrogens (tertiary/aromatic N) is 4. The number of aromatic nitrogens is 4. The SMILES string of the molecule is CNc1ncc2cc(-c3ccc(-c4cccc(C)n4)cc3C)c(=O)n(C[C@H]3CNCCO3)c2n1. The van der Waals surface area contributed by atoms with Crippen LogP contribution in [0.1, 0.15) is 11.3 Å². The topological polar surface area (TPSA) is 94.0 Å². The summed E-state index contributed by atoms with van der Waals surface area (Å²) in [6.07, 6.45) is 1.65. The van der Waals surface area contributed by atoms with Crippen molar-refractivity contribution in [3.05, 3.63) is 70.3 Å². The second kappa shape index (κ2) is 9.32. The van der Waals surface area contributed by atoms with Gasteiger partial charge in [0.15, 0.2) is 0 Å². The van der Waals surface area contributed by atoms with Gasteiger partial charge in [-0.05, 0) is 49.2 Å². The Balaban J connectivity index is 1.63. The number of morpholine rings is 1. The number of hydrogen-bond donors (Lipinski definition) is 2. The van der Waals surface area contributed by atoms with Crippen molar-refractivity contribution in [2.45, 2.75) is 26.5 Å². The molecule has 0 bridgehead atoms. The van der Waals surface area contributed by atoms with Gasteiger partial charge in [0.1, 0.15) is 5.65 Å². The molecule has 8 nitrogen and oxygen atoms in total. The summed E-state index contributed by atoms with van der Waals surface area (Å²) in [6, 6.07) is 14.0. The summed E-state index contributed by atoms with van der Waals surface area (Å²) >= 11 is 0. The predicted octanol–water partition coefficient (Wildman–Crippen LogP) is 3.17. The number of fused-ring (bicyclic) bond motifs is 1. The van der Waals surface area contributed by atoms with E-state index in [1.165, 1.54) is 0 Å². The number of pyridine rings is 2. The normalized spacial score (nSPS) is 16.0. The number of aryl methyl sites for hydroxylation is 2. The molecule has 8 heteroatoms. The third-order valence-corrected chi connectivity index (χ3v) is 6.14. The van der Waals surface area contributed by atoms with Crippen molar-refractivity contribution in [3.8, 4) is 22.4 Å². The van der Waals surface area contributed by atoms with Gasteiger partial charge < -0.3 is 15.4 Å². The molecule has 0 saturated carbocycles. The van der Waals surface area contributed by atoms with E-state index >= 15 is 0 Å². The molecular formula is C26H28N6O2. The molecule has 0 spiro atoms. The van der Waals surface area contributed by atoms with E-state index in [9.17, 15) is 4.79 Å². The van der Waals surface area contributed by atoms with Gasteiger partial charge in [-0.15, -0.1) is 0 Å². The lowest BCUT2D eigenvalue weighted by atomic mass is 9.97. The molecule has 4 aromatic rings. The molecule has 1 fully saturated rings. The van der Waals surface area contributed by atoms with E-state index in [1.807, 2.05) is 50.2 Å². The fourth-order valence-corrected chi connectivity index (χ4v) is 4.41. The summed E-state index contributed by atoms with van der Waals surface area (Å²) in [7, 11) is 1.76. The van der Waals surface area contributed by atoms with E-state index in [4.69, 9.17) is 4.74 Å². The minimum Gasteiger partial charge on any atom is -0.374 e. The monoisotopic (exact) mass is 456 g/mol. The van der Waals surface area contributed by atoms with Crippen LogP contribution in [-0.2, 0) is 11.3 Å². The summed E-state index contributed by atoms with van der Waals surface area (Å²) in [4.78, 5) is 27.4. The standard InChI is InChI=1S/C26H28N6O2/c1-16-11-18(23-6-4-5-17(2)30-23)7-8-21(16)22-12-19-13-29-26(27-3)31-24(19)32(25(22)33)15-20-14-28-9-10-34-20/h4-8,11-13,20,28H,9-10,14-15H2,1-3H3,(H,27,29,31)/t20-/m1/s1. The molecule has 3 aromatic heterocycles. The Hall–Kier alpha value is -3.62. The third-order valence-electron chi connectivity index (χ3n) is 6.14. The fraction of sp³-hybridized carbons (Fsp3) is 0.308. The van der Waals surface area contributed by atoms with Crippen molar-refractivity contribution in [2.24, 2.45) is 0 Å². The van der Waals surface area contributed by atoms with Crippen LogP contribution >= 0.6 is 0 Å². The van der Waals surface area contributed by atoms with E-state index in [0.717, 1.165) is 40.0 Å². The molecule has 5 rings (SSSR count). The van der Waals surface area contributed by atoms with Crippen molar-refractivity contribution >= 4 is 17.0 Å². The second-order valence-electron chi connectivity index (χ2n) is 8.59. The van der Waals surface area contributed by atoms with Crippen LogP contribution in [0.5, 0.6) is 0 Å². The molecule has 1 aliphatic heterocycles. The lowest BCUT2D eigenvalue weighted by Gasteiger charge is -2.25. The highest BCUT2D eigenvalue weighted by Gasteiger charge is 2.20. The molecule has 2 N–H and O–H groups in total. The maximum absolute atomic E-state index is 13.8. The van der Waals surface area contributed by atoms with Crippen LogP contribution in [0.2, 0.25) is 0 Å². The zero-order valence-corrected chi connectivity index (χ0v) is 19.6. The molecule has 174 valence electrons. The van der Waals surface area contributed by atoms with E-state index in [2.05, 4.69) is 31.7 Å². The number of anilines is 1. The summed E-state index contributed by atoms with van der Waals surface area (Å²) in [5.74, 6) is 0.474. The van der Waals surface area contributed by atoms with Gasteiger partial charge in [-0.1, -0.05) is 18.2 Å². The minimum atomic E-state index is -0.103. The highest BCUT2D eigenvalue weighted by molar-refractivity contribution is 5.83. The van der Waals surface area contributed by atoms with Gasteiger partial charge in [0, 0.05) is 48.5 Å². The first-order valence-electron chi connectivity index (χ1n) is 11.5. The van der Waals surface area contributed by atoms with Crippen molar-refractivity contribution in [2.75, 3.05) is 32.1 Å². The third kappa shape index (κ3) is 4.30. The van der Waals surface area contributed by atoms with Crippen molar-refractivity contribution in [1.82, 2.24) is 24.8 Å². The quantitative estimate of drug-likeness (QED) is 0.476. The zero-order chi connectivity index (χ0) is 23.7.